The number of ether oxygens (including phenoxy) is 2. The summed E-state index contributed by atoms with van der Waals surface area (Å²) in [6.45, 7) is 2.01. The summed E-state index contributed by atoms with van der Waals surface area (Å²) < 4.78 is 10.5. The molecule has 17 heavy (non-hydrogen) atoms. The van der Waals surface area contributed by atoms with Gasteiger partial charge in [0.1, 0.15) is 5.75 Å². The zero-order chi connectivity index (χ0) is 12.3. The zero-order valence-corrected chi connectivity index (χ0v) is 9.68. The predicted octanol–water partition coefficient (Wildman–Crippen LogP) is 2.17. The van der Waals surface area contributed by atoms with Gasteiger partial charge >= 0.3 is 0 Å². The van der Waals surface area contributed by atoms with Gasteiger partial charge in [0.25, 0.3) is 0 Å². The molecule has 0 bridgehead atoms. The first-order valence-corrected chi connectivity index (χ1v) is 5.10. The smallest absolute Gasteiger partial charge is 0.227 e. The number of aromatic nitrogens is 2. The fourth-order valence-corrected chi connectivity index (χ4v) is 1.30. The van der Waals surface area contributed by atoms with Crippen LogP contribution in [-0.4, -0.2) is 17.1 Å². The predicted molar refractivity (Wildman–Crippen MR) is 64.2 cm³/mol. The van der Waals surface area contributed by atoms with Gasteiger partial charge in [-0.3, -0.25) is 0 Å². The van der Waals surface area contributed by atoms with E-state index in [-0.39, 0.29) is 5.95 Å². The van der Waals surface area contributed by atoms with Crippen molar-refractivity contribution in [3.63, 3.8) is 0 Å². The lowest BCUT2D eigenvalue weighted by molar-refractivity contribution is 0.389. The van der Waals surface area contributed by atoms with Gasteiger partial charge in [-0.25, -0.2) is 0 Å². The molecule has 1 aromatic heterocycles. The first-order chi connectivity index (χ1) is 8.17. The summed E-state index contributed by atoms with van der Waals surface area (Å²) in [5.74, 6) is 1.54. The van der Waals surface area contributed by atoms with E-state index in [9.17, 15) is 0 Å². The Bertz CT molecular complexity index is 512. The third-order valence-electron chi connectivity index (χ3n) is 2.15. The lowest BCUT2D eigenvalue weighted by Crippen LogP contribution is -1.99. The van der Waals surface area contributed by atoms with E-state index in [1.54, 1.807) is 6.07 Å². The first-order valence-electron chi connectivity index (χ1n) is 5.10. The van der Waals surface area contributed by atoms with Gasteiger partial charge in [-0.15, -0.1) is 0 Å². The fourth-order valence-electron chi connectivity index (χ4n) is 1.30. The van der Waals surface area contributed by atoms with Crippen molar-refractivity contribution >= 4 is 5.95 Å². The molecule has 0 spiro atoms. The largest absolute Gasteiger partial charge is 0.481 e. The number of aryl methyl sites for hydroxylation is 1. The quantitative estimate of drug-likeness (QED) is 0.876. The number of nitrogens with two attached hydrogens (primary N) is 1. The van der Waals surface area contributed by atoms with Crippen LogP contribution in [0.25, 0.3) is 0 Å². The van der Waals surface area contributed by atoms with E-state index in [1.807, 2.05) is 31.2 Å². The molecule has 0 aliphatic carbocycles. The first kappa shape index (κ1) is 11.2. The number of anilines is 1. The van der Waals surface area contributed by atoms with Crippen LogP contribution in [0.1, 0.15) is 5.56 Å². The second-order valence-electron chi connectivity index (χ2n) is 3.52. The SMILES string of the molecule is COc1cc(Oc2ccc(C)cc2)nc(N)n1. The van der Waals surface area contributed by atoms with Crippen LogP contribution in [0.4, 0.5) is 5.95 Å². The fraction of sp³-hybridized carbons (Fsp3) is 0.167. The molecule has 0 radical (unpaired) electrons. The standard InChI is InChI=1S/C12H13N3O2/c1-8-3-5-9(6-4-8)17-11-7-10(16-2)14-12(13)15-11/h3-7H,1-2H3,(H2,13,14,15). The highest BCUT2D eigenvalue weighted by atomic mass is 16.5. The van der Waals surface area contributed by atoms with Crippen LogP contribution in [0.2, 0.25) is 0 Å². The Morgan fingerprint density at radius 1 is 1.06 bits per heavy atom. The molecule has 1 heterocycles. The maximum absolute atomic E-state index is 5.55. The molecule has 2 N–H and O–H groups in total. The topological polar surface area (TPSA) is 70.3 Å². The van der Waals surface area contributed by atoms with Crippen LogP contribution >= 0.6 is 0 Å². The molecule has 2 aromatic rings. The monoisotopic (exact) mass is 231 g/mol. The number of nitrogens with zero attached hydrogens (tertiary/aromatic N) is 2. The second kappa shape index (κ2) is 4.69. The third-order valence-corrected chi connectivity index (χ3v) is 2.15. The van der Waals surface area contributed by atoms with Gasteiger partial charge in [-0.1, -0.05) is 17.7 Å². The number of nitrogen functional groups attached to an aromatic ring is 1. The van der Waals surface area contributed by atoms with E-state index in [0.717, 1.165) is 5.56 Å². The van der Waals surface area contributed by atoms with E-state index in [4.69, 9.17) is 15.2 Å². The van der Waals surface area contributed by atoms with Crippen molar-refractivity contribution in [1.29, 1.82) is 0 Å². The number of hydrogen-bond acceptors (Lipinski definition) is 5. The van der Waals surface area contributed by atoms with Crippen molar-refractivity contribution in [3.05, 3.63) is 35.9 Å². The summed E-state index contributed by atoms with van der Waals surface area (Å²) in [6.07, 6.45) is 0. The van der Waals surface area contributed by atoms with Gasteiger partial charge in [0.15, 0.2) is 0 Å². The summed E-state index contributed by atoms with van der Waals surface area (Å²) in [5, 5.41) is 0. The lowest BCUT2D eigenvalue weighted by Gasteiger charge is -2.06. The van der Waals surface area contributed by atoms with Crippen LogP contribution in [0.15, 0.2) is 30.3 Å². The highest BCUT2D eigenvalue weighted by Gasteiger charge is 2.04. The van der Waals surface area contributed by atoms with Gasteiger partial charge < -0.3 is 15.2 Å². The minimum absolute atomic E-state index is 0.117. The molecule has 0 aliphatic heterocycles. The maximum Gasteiger partial charge on any atom is 0.227 e. The highest BCUT2D eigenvalue weighted by Crippen LogP contribution is 2.23. The second-order valence-corrected chi connectivity index (χ2v) is 3.52. The zero-order valence-electron chi connectivity index (χ0n) is 9.68. The van der Waals surface area contributed by atoms with Crippen molar-refractivity contribution in [2.45, 2.75) is 6.92 Å². The van der Waals surface area contributed by atoms with Gasteiger partial charge in [0.2, 0.25) is 17.7 Å². The average molecular weight is 231 g/mol. The van der Waals surface area contributed by atoms with Crippen molar-refractivity contribution in [2.24, 2.45) is 0 Å². The van der Waals surface area contributed by atoms with Crippen molar-refractivity contribution in [1.82, 2.24) is 9.97 Å². The Hall–Kier alpha value is -2.30. The number of rotatable bonds is 3. The molecule has 0 unspecified atom stereocenters. The molecule has 0 atom stereocenters. The number of methoxy groups -OCH3 is 1. The molecule has 2 rings (SSSR count). The molecule has 1 aromatic carbocycles. The molecule has 0 amide bonds. The maximum atomic E-state index is 5.55. The average Bonchev–Trinajstić information content (AvgIpc) is 2.31. The molecular weight excluding hydrogens is 218 g/mol. The van der Waals surface area contributed by atoms with Gasteiger partial charge in [-0.2, -0.15) is 9.97 Å². The molecule has 0 aliphatic rings. The van der Waals surface area contributed by atoms with Gasteiger partial charge in [0, 0.05) is 0 Å². The number of benzene rings is 1. The van der Waals surface area contributed by atoms with Crippen LogP contribution in [0, 0.1) is 6.92 Å². The Balaban J connectivity index is 2.23. The van der Waals surface area contributed by atoms with E-state index in [2.05, 4.69) is 9.97 Å². The summed E-state index contributed by atoms with van der Waals surface area (Å²) >= 11 is 0. The van der Waals surface area contributed by atoms with Gasteiger partial charge in [0.05, 0.1) is 13.2 Å². The third kappa shape index (κ3) is 2.84. The van der Waals surface area contributed by atoms with Crippen LogP contribution < -0.4 is 15.2 Å². The van der Waals surface area contributed by atoms with E-state index >= 15 is 0 Å². The Morgan fingerprint density at radius 3 is 2.35 bits per heavy atom. The Morgan fingerprint density at radius 2 is 1.71 bits per heavy atom. The van der Waals surface area contributed by atoms with E-state index in [0.29, 0.717) is 17.5 Å². The molecule has 5 nitrogen and oxygen atoms in total. The van der Waals surface area contributed by atoms with Crippen LogP contribution in [0.5, 0.6) is 17.5 Å². The normalized spacial score (nSPS) is 10.0. The molecule has 5 heteroatoms. The summed E-state index contributed by atoms with van der Waals surface area (Å²) in [7, 11) is 1.51. The van der Waals surface area contributed by atoms with E-state index in [1.165, 1.54) is 7.11 Å². The Kier molecular flexibility index (Phi) is 3.09. The van der Waals surface area contributed by atoms with E-state index < -0.39 is 0 Å². The molecule has 0 fully saturated rings. The van der Waals surface area contributed by atoms with Crippen molar-refractivity contribution < 1.29 is 9.47 Å². The minimum atomic E-state index is 0.117. The molecule has 0 saturated heterocycles. The van der Waals surface area contributed by atoms with Crippen molar-refractivity contribution in [2.75, 3.05) is 12.8 Å². The van der Waals surface area contributed by atoms with Crippen LogP contribution in [-0.2, 0) is 0 Å². The minimum Gasteiger partial charge on any atom is -0.481 e. The molecule has 88 valence electrons. The van der Waals surface area contributed by atoms with Crippen LogP contribution in [0.3, 0.4) is 0 Å². The van der Waals surface area contributed by atoms with Crippen molar-refractivity contribution in [3.8, 4) is 17.5 Å². The van der Waals surface area contributed by atoms with Gasteiger partial charge in [-0.05, 0) is 19.1 Å². The highest BCUT2D eigenvalue weighted by molar-refractivity contribution is 5.34. The lowest BCUT2D eigenvalue weighted by atomic mass is 10.2. The molecule has 0 saturated carbocycles. The summed E-state index contributed by atoms with van der Waals surface area (Å²) in [5.41, 5.74) is 6.69. The Labute approximate surface area is 99.2 Å². The molecular formula is C12H13N3O2. The summed E-state index contributed by atoms with van der Waals surface area (Å²) in [4.78, 5) is 7.84. The number of hydrogen-bond donors (Lipinski definition) is 1. The summed E-state index contributed by atoms with van der Waals surface area (Å²) in [6, 6.07) is 9.21.